The van der Waals surface area contributed by atoms with Crippen molar-refractivity contribution in [3.63, 3.8) is 0 Å². The number of nitrogens with one attached hydrogen (secondary N) is 2. The number of urea groups is 1. The average molecular weight is 443 g/mol. The largest absolute Gasteiger partial charge is 0.352 e. The summed E-state index contributed by atoms with van der Waals surface area (Å²) in [5.41, 5.74) is 1.38. The molecule has 2 N–H and O–H groups in total. The van der Waals surface area contributed by atoms with Crippen molar-refractivity contribution in [3.8, 4) is 0 Å². The molecule has 0 radical (unpaired) electrons. The summed E-state index contributed by atoms with van der Waals surface area (Å²) in [7, 11) is 0. The van der Waals surface area contributed by atoms with Gasteiger partial charge in [-0.2, -0.15) is 0 Å². The molecular weight excluding hydrogens is 404 g/mol. The van der Waals surface area contributed by atoms with Gasteiger partial charge in [0.1, 0.15) is 0 Å². The molecule has 0 atom stereocenters. The minimum absolute atomic E-state index is 0.0276. The molecule has 8 nitrogen and oxygen atoms in total. The van der Waals surface area contributed by atoms with E-state index in [4.69, 9.17) is 0 Å². The molecule has 1 aromatic rings. The van der Waals surface area contributed by atoms with E-state index in [9.17, 15) is 9.59 Å². The molecule has 8 heteroatoms. The third-order valence-electron chi connectivity index (χ3n) is 6.61. The van der Waals surface area contributed by atoms with Crippen LogP contribution in [-0.2, 0) is 11.3 Å². The lowest BCUT2D eigenvalue weighted by Gasteiger charge is -2.35. The molecule has 2 heterocycles. The van der Waals surface area contributed by atoms with Crippen LogP contribution in [-0.4, -0.2) is 110 Å². The van der Waals surface area contributed by atoms with Gasteiger partial charge in [-0.1, -0.05) is 30.3 Å². The monoisotopic (exact) mass is 442 g/mol. The molecule has 3 aliphatic rings. The number of hydrogen-bond donors (Lipinski definition) is 2. The molecule has 32 heavy (non-hydrogen) atoms. The smallest absolute Gasteiger partial charge is 0.317 e. The summed E-state index contributed by atoms with van der Waals surface area (Å²) in [6.45, 7) is 10.5. The molecule has 3 fully saturated rings. The number of nitrogens with zero attached hydrogens (tertiary/aromatic N) is 4. The first-order valence-electron chi connectivity index (χ1n) is 12.2. The van der Waals surface area contributed by atoms with Crippen LogP contribution in [0.25, 0.3) is 0 Å². The predicted molar refractivity (Wildman–Crippen MR) is 125 cm³/mol. The summed E-state index contributed by atoms with van der Waals surface area (Å²) in [6.07, 6.45) is 3.21. The van der Waals surface area contributed by atoms with Crippen LogP contribution in [0.5, 0.6) is 0 Å². The minimum Gasteiger partial charge on any atom is -0.352 e. The van der Waals surface area contributed by atoms with Gasteiger partial charge in [0, 0.05) is 71.5 Å². The van der Waals surface area contributed by atoms with Crippen molar-refractivity contribution in [2.45, 2.75) is 31.8 Å². The Morgan fingerprint density at radius 3 is 2.19 bits per heavy atom. The second kappa shape index (κ2) is 11.6. The SMILES string of the molecule is O=C(CN1CCN(C(=O)NCCCN2CCN(Cc3ccccc3)CC2)CC1)NC1CC1. The quantitative estimate of drug-likeness (QED) is 0.554. The number of carbonyl (C=O) groups excluding carboxylic acids is 2. The topological polar surface area (TPSA) is 71.2 Å². The number of carbonyl (C=O) groups is 2. The van der Waals surface area contributed by atoms with E-state index >= 15 is 0 Å². The van der Waals surface area contributed by atoms with Crippen LogP contribution in [0.1, 0.15) is 24.8 Å². The molecule has 3 amide bonds. The first-order chi connectivity index (χ1) is 15.7. The van der Waals surface area contributed by atoms with Gasteiger partial charge in [0.05, 0.1) is 6.54 Å². The van der Waals surface area contributed by atoms with Crippen molar-refractivity contribution in [2.75, 3.05) is 72.0 Å². The Morgan fingerprint density at radius 2 is 1.50 bits per heavy atom. The summed E-state index contributed by atoms with van der Waals surface area (Å²) in [5.74, 6) is 0.117. The van der Waals surface area contributed by atoms with E-state index in [1.165, 1.54) is 5.56 Å². The highest BCUT2D eigenvalue weighted by atomic mass is 16.2. The van der Waals surface area contributed by atoms with Crippen molar-refractivity contribution < 1.29 is 9.59 Å². The maximum Gasteiger partial charge on any atom is 0.317 e. The van der Waals surface area contributed by atoms with Crippen molar-refractivity contribution in [2.24, 2.45) is 0 Å². The predicted octanol–water partition coefficient (Wildman–Crippen LogP) is 0.800. The molecule has 0 aromatic heterocycles. The summed E-state index contributed by atoms with van der Waals surface area (Å²) < 4.78 is 0. The molecule has 2 aliphatic heterocycles. The zero-order chi connectivity index (χ0) is 22.2. The fourth-order valence-electron chi connectivity index (χ4n) is 4.44. The molecule has 176 valence electrons. The van der Waals surface area contributed by atoms with Crippen LogP contribution in [0.3, 0.4) is 0 Å². The lowest BCUT2D eigenvalue weighted by Crippen LogP contribution is -2.53. The van der Waals surface area contributed by atoms with Gasteiger partial charge < -0.3 is 20.4 Å². The molecule has 1 saturated carbocycles. The number of benzene rings is 1. The number of amides is 3. The number of rotatable bonds is 9. The lowest BCUT2D eigenvalue weighted by atomic mass is 10.2. The van der Waals surface area contributed by atoms with Crippen molar-refractivity contribution in [1.82, 2.24) is 30.2 Å². The fraction of sp³-hybridized carbons (Fsp3) is 0.667. The Labute approximate surface area is 191 Å². The third kappa shape index (κ3) is 7.46. The summed E-state index contributed by atoms with van der Waals surface area (Å²) >= 11 is 0. The van der Waals surface area contributed by atoms with E-state index in [1.54, 1.807) is 0 Å². The van der Waals surface area contributed by atoms with Crippen LogP contribution >= 0.6 is 0 Å². The Balaban J connectivity index is 1.03. The summed E-state index contributed by atoms with van der Waals surface area (Å²) in [6, 6.07) is 11.1. The van der Waals surface area contributed by atoms with Gasteiger partial charge >= 0.3 is 6.03 Å². The molecule has 0 unspecified atom stereocenters. The van der Waals surface area contributed by atoms with Crippen molar-refractivity contribution in [1.29, 1.82) is 0 Å². The second-order valence-electron chi connectivity index (χ2n) is 9.29. The Bertz CT molecular complexity index is 725. The average Bonchev–Trinajstić information content (AvgIpc) is 3.63. The number of piperazine rings is 2. The second-order valence-corrected chi connectivity index (χ2v) is 9.29. The van der Waals surface area contributed by atoms with E-state index in [0.29, 0.717) is 32.2 Å². The van der Waals surface area contributed by atoms with Gasteiger partial charge in [-0.15, -0.1) is 0 Å². The van der Waals surface area contributed by atoms with Gasteiger partial charge in [-0.05, 0) is 31.4 Å². The normalized spacial score (nSPS) is 20.8. The van der Waals surface area contributed by atoms with E-state index in [-0.39, 0.29) is 11.9 Å². The van der Waals surface area contributed by atoms with Crippen molar-refractivity contribution in [3.05, 3.63) is 35.9 Å². The van der Waals surface area contributed by atoms with Crippen LogP contribution in [0, 0.1) is 0 Å². The molecular formula is C24H38N6O2. The van der Waals surface area contributed by atoms with Crippen molar-refractivity contribution >= 4 is 11.9 Å². The van der Waals surface area contributed by atoms with Crippen LogP contribution in [0.15, 0.2) is 30.3 Å². The fourth-order valence-corrected chi connectivity index (χ4v) is 4.44. The summed E-state index contributed by atoms with van der Waals surface area (Å²) in [4.78, 5) is 33.4. The van der Waals surface area contributed by atoms with E-state index in [1.807, 2.05) is 4.90 Å². The highest BCUT2D eigenvalue weighted by Gasteiger charge is 2.26. The highest BCUT2D eigenvalue weighted by Crippen LogP contribution is 2.18. The molecule has 1 aromatic carbocycles. The molecule has 0 bridgehead atoms. The van der Waals surface area contributed by atoms with Gasteiger partial charge in [0.2, 0.25) is 5.91 Å². The maximum atomic E-state index is 12.4. The standard InChI is InChI=1S/C24H38N6O2/c31-23(26-22-7-8-22)20-29-15-17-30(18-16-29)24(32)25-9-4-10-27-11-13-28(14-12-27)19-21-5-2-1-3-6-21/h1-3,5-6,22H,4,7-20H2,(H,25,32)(H,26,31). The van der Waals surface area contributed by atoms with Gasteiger partial charge in [-0.3, -0.25) is 14.6 Å². The zero-order valence-corrected chi connectivity index (χ0v) is 19.2. The third-order valence-corrected chi connectivity index (χ3v) is 6.61. The lowest BCUT2D eigenvalue weighted by molar-refractivity contribution is -0.122. The van der Waals surface area contributed by atoms with Gasteiger partial charge in [0.25, 0.3) is 0 Å². The van der Waals surface area contributed by atoms with Crippen LogP contribution in [0.4, 0.5) is 4.79 Å². The zero-order valence-electron chi connectivity index (χ0n) is 19.2. The molecule has 2 saturated heterocycles. The Morgan fingerprint density at radius 1 is 0.844 bits per heavy atom. The van der Waals surface area contributed by atoms with Gasteiger partial charge in [0.15, 0.2) is 0 Å². The van der Waals surface area contributed by atoms with E-state index < -0.39 is 0 Å². The maximum absolute atomic E-state index is 12.4. The molecule has 4 rings (SSSR count). The van der Waals surface area contributed by atoms with Crippen LogP contribution < -0.4 is 10.6 Å². The number of hydrogen-bond acceptors (Lipinski definition) is 5. The van der Waals surface area contributed by atoms with E-state index in [2.05, 4.69) is 55.7 Å². The van der Waals surface area contributed by atoms with E-state index in [0.717, 1.165) is 71.6 Å². The highest BCUT2D eigenvalue weighted by molar-refractivity contribution is 5.78. The van der Waals surface area contributed by atoms with Gasteiger partial charge in [-0.25, -0.2) is 4.79 Å². The Hall–Kier alpha value is -2.16. The first kappa shape index (κ1) is 23.0. The molecule has 1 aliphatic carbocycles. The minimum atomic E-state index is 0.0276. The Kier molecular flexibility index (Phi) is 8.36. The van der Waals surface area contributed by atoms with Crippen LogP contribution in [0.2, 0.25) is 0 Å². The first-order valence-corrected chi connectivity index (χ1v) is 12.2. The molecule has 0 spiro atoms. The summed E-state index contributed by atoms with van der Waals surface area (Å²) in [5, 5.41) is 6.10.